The number of rotatable bonds is 4. The van der Waals surface area contributed by atoms with Crippen molar-refractivity contribution >= 4 is 23.3 Å². The molecule has 0 aliphatic carbocycles. The van der Waals surface area contributed by atoms with Gasteiger partial charge in [-0.25, -0.2) is 4.39 Å². The molecule has 6 nitrogen and oxygen atoms in total. The quantitative estimate of drug-likeness (QED) is 0.768. The summed E-state index contributed by atoms with van der Waals surface area (Å²) in [6.45, 7) is 1.16. The number of benzene rings is 2. The van der Waals surface area contributed by atoms with Crippen molar-refractivity contribution in [1.82, 2.24) is 4.90 Å². The molecule has 1 amide bonds. The monoisotopic (exact) mass is 414 g/mol. The van der Waals surface area contributed by atoms with Gasteiger partial charge in [-0.1, -0.05) is 11.6 Å². The molecule has 1 fully saturated rings. The number of fused-ring (bicyclic) bond motifs is 1. The van der Waals surface area contributed by atoms with Crippen LogP contribution in [0.4, 0.5) is 4.39 Å². The van der Waals surface area contributed by atoms with Crippen LogP contribution in [0.1, 0.15) is 21.5 Å². The van der Waals surface area contributed by atoms with Crippen molar-refractivity contribution in [2.75, 3.05) is 26.3 Å². The molecule has 2 aliphatic heterocycles. The van der Waals surface area contributed by atoms with E-state index >= 15 is 0 Å². The summed E-state index contributed by atoms with van der Waals surface area (Å²) in [5.41, 5.74) is 0.806. The zero-order valence-corrected chi connectivity index (χ0v) is 16.0. The molecule has 4 rings (SSSR count). The summed E-state index contributed by atoms with van der Waals surface area (Å²) in [6, 6.07) is 9.41. The maximum atomic E-state index is 14.3. The Morgan fingerprint density at radius 3 is 2.90 bits per heavy atom. The first-order valence-electron chi connectivity index (χ1n) is 9.03. The molecule has 0 aromatic heterocycles. The van der Waals surface area contributed by atoms with E-state index in [2.05, 4.69) is 0 Å². The second-order valence-electron chi connectivity index (χ2n) is 7.08. The van der Waals surface area contributed by atoms with Crippen molar-refractivity contribution in [3.8, 4) is 17.6 Å². The Morgan fingerprint density at radius 2 is 2.14 bits per heavy atom. The Kier molecular flexibility index (Phi) is 5.12. The third-order valence-corrected chi connectivity index (χ3v) is 5.27. The minimum Gasteiger partial charge on any atom is -0.493 e. The molecule has 2 heterocycles. The standard InChI is InChI=1S/C21H16ClFN2O4/c22-18-2-1-16(4-14(18)7-24)28-10-12-8-25(9-12)21(27)17-5-13-3-15(26)11-29-20(13)6-19(17)23/h1-2,4-6,12H,3,8-11H2. The van der Waals surface area contributed by atoms with E-state index in [0.29, 0.717) is 47.3 Å². The van der Waals surface area contributed by atoms with Gasteiger partial charge in [0.05, 0.1) is 22.8 Å². The number of nitriles is 1. The van der Waals surface area contributed by atoms with Crippen molar-refractivity contribution in [3.63, 3.8) is 0 Å². The van der Waals surface area contributed by atoms with Gasteiger partial charge in [0.15, 0.2) is 5.78 Å². The van der Waals surface area contributed by atoms with Crippen molar-refractivity contribution in [3.05, 3.63) is 57.9 Å². The normalized spacial score (nSPS) is 15.8. The summed E-state index contributed by atoms with van der Waals surface area (Å²) >= 11 is 5.90. The van der Waals surface area contributed by atoms with Gasteiger partial charge in [-0.2, -0.15) is 5.26 Å². The molecule has 8 heteroatoms. The lowest BCUT2D eigenvalue weighted by Crippen LogP contribution is -2.52. The molecule has 29 heavy (non-hydrogen) atoms. The highest BCUT2D eigenvalue weighted by molar-refractivity contribution is 6.31. The maximum absolute atomic E-state index is 14.3. The van der Waals surface area contributed by atoms with Crippen LogP contribution in [0.15, 0.2) is 30.3 Å². The number of ether oxygens (including phenoxy) is 2. The maximum Gasteiger partial charge on any atom is 0.256 e. The van der Waals surface area contributed by atoms with Crippen LogP contribution in [0.2, 0.25) is 5.02 Å². The fourth-order valence-corrected chi connectivity index (χ4v) is 3.52. The number of likely N-dealkylation sites (tertiary alicyclic amines) is 1. The van der Waals surface area contributed by atoms with Crippen LogP contribution in [0.5, 0.6) is 11.5 Å². The minimum absolute atomic E-state index is 0.0576. The van der Waals surface area contributed by atoms with E-state index in [1.807, 2.05) is 6.07 Å². The lowest BCUT2D eigenvalue weighted by Gasteiger charge is -2.39. The predicted octanol–water partition coefficient (Wildman–Crippen LogP) is 3.01. The zero-order valence-electron chi connectivity index (χ0n) is 15.3. The molecule has 0 saturated carbocycles. The molecule has 0 N–H and O–H groups in total. The molecule has 1 saturated heterocycles. The van der Waals surface area contributed by atoms with E-state index in [-0.39, 0.29) is 30.3 Å². The number of Topliss-reactive ketones (excluding diaryl/α,β-unsaturated/α-hetero) is 1. The third kappa shape index (κ3) is 3.89. The highest BCUT2D eigenvalue weighted by Crippen LogP contribution is 2.29. The summed E-state index contributed by atoms with van der Waals surface area (Å²) in [7, 11) is 0. The molecular formula is C21H16ClFN2O4. The van der Waals surface area contributed by atoms with Crippen molar-refractivity contribution in [2.45, 2.75) is 6.42 Å². The van der Waals surface area contributed by atoms with E-state index in [0.717, 1.165) is 0 Å². The molecule has 2 aliphatic rings. The molecule has 0 atom stereocenters. The summed E-state index contributed by atoms with van der Waals surface area (Å²) in [6.07, 6.45) is 0.137. The van der Waals surface area contributed by atoms with Crippen LogP contribution >= 0.6 is 11.6 Å². The summed E-state index contributed by atoms with van der Waals surface area (Å²) in [4.78, 5) is 25.7. The first kappa shape index (κ1) is 19.2. The minimum atomic E-state index is -0.659. The summed E-state index contributed by atoms with van der Waals surface area (Å²) in [5, 5.41) is 9.36. The van der Waals surface area contributed by atoms with Gasteiger partial charge in [-0.05, 0) is 24.3 Å². The number of nitrogens with zero attached hydrogens (tertiary/aromatic N) is 2. The lowest BCUT2D eigenvalue weighted by atomic mass is 9.97. The van der Waals surface area contributed by atoms with Crippen LogP contribution < -0.4 is 9.47 Å². The zero-order chi connectivity index (χ0) is 20.5. The number of carbonyl (C=O) groups excluding carboxylic acids is 2. The topological polar surface area (TPSA) is 79.6 Å². The molecule has 0 unspecified atom stereocenters. The number of hydrogen-bond acceptors (Lipinski definition) is 5. The van der Waals surface area contributed by atoms with E-state index in [1.54, 1.807) is 18.2 Å². The van der Waals surface area contributed by atoms with Crippen LogP contribution in [-0.2, 0) is 11.2 Å². The van der Waals surface area contributed by atoms with E-state index in [1.165, 1.54) is 17.0 Å². The van der Waals surface area contributed by atoms with Crippen LogP contribution in [0.25, 0.3) is 0 Å². The molecule has 0 radical (unpaired) electrons. The van der Waals surface area contributed by atoms with Crippen LogP contribution in [0, 0.1) is 23.1 Å². The largest absolute Gasteiger partial charge is 0.493 e. The smallest absolute Gasteiger partial charge is 0.256 e. The second kappa shape index (κ2) is 7.72. The van der Waals surface area contributed by atoms with Gasteiger partial charge in [0.25, 0.3) is 5.91 Å². The van der Waals surface area contributed by atoms with Gasteiger partial charge in [-0.15, -0.1) is 0 Å². The lowest BCUT2D eigenvalue weighted by molar-refractivity contribution is -0.121. The van der Waals surface area contributed by atoms with Crippen molar-refractivity contribution < 1.29 is 23.5 Å². The van der Waals surface area contributed by atoms with Crippen LogP contribution in [-0.4, -0.2) is 42.9 Å². The van der Waals surface area contributed by atoms with E-state index in [9.17, 15) is 14.0 Å². The molecular weight excluding hydrogens is 399 g/mol. The first-order chi connectivity index (χ1) is 13.9. The van der Waals surface area contributed by atoms with Gasteiger partial charge < -0.3 is 14.4 Å². The fourth-order valence-electron chi connectivity index (χ4n) is 3.36. The van der Waals surface area contributed by atoms with Crippen molar-refractivity contribution in [1.29, 1.82) is 5.26 Å². The molecule has 0 spiro atoms. The Morgan fingerprint density at radius 1 is 1.34 bits per heavy atom. The van der Waals surface area contributed by atoms with Gasteiger partial charge in [0.1, 0.15) is 30.0 Å². The Hall–Kier alpha value is -3.11. The second-order valence-corrected chi connectivity index (χ2v) is 7.49. The average molecular weight is 415 g/mol. The molecule has 2 aromatic rings. The third-order valence-electron chi connectivity index (χ3n) is 4.95. The Bertz CT molecular complexity index is 1040. The van der Waals surface area contributed by atoms with E-state index in [4.69, 9.17) is 26.3 Å². The summed E-state index contributed by atoms with van der Waals surface area (Å²) in [5.74, 6) is -0.239. The van der Waals surface area contributed by atoms with Crippen LogP contribution in [0.3, 0.4) is 0 Å². The number of carbonyl (C=O) groups is 2. The SMILES string of the molecule is N#Cc1cc(OCC2CN(C(=O)c3cc4c(cc3F)OCC(=O)C4)C2)ccc1Cl. The highest BCUT2D eigenvalue weighted by atomic mass is 35.5. The molecule has 0 bridgehead atoms. The van der Waals surface area contributed by atoms with Gasteiger partial charge >= 0.3 is 0 Å². The predicted molar refractivity (Wildman–Crippen MR) is 102 cm³/mol. The highest BCUT2D eigenvalue weighted by Gasteiger charge is 2.33. The number of ketones is 1. The van der Waals surface area contributed by atoms with Gasteiger partial charge in [-0.3, -0.25) is 9.59 Å². The number of hydrogen-bond donors (Lipinski definition) is 0. The fraction of sp³-hybridized carbons (Fsp3) is 0.286. The molecule has 2 aromatic carbocycles. The van der Waals surface area contributed by atoms with Crippen molar-refractivity contribution in [2.24, 2.45) is 5.92 Å². The average Bonchev–Trinajstić information content (AvgIpc) is 2.67. The molecule has 148 valence electrons. The number of amides is 1. The van der Waals surface area contributed by atoms with E-state index < -0.39 is 11.7 Å². The summed E-state index contributed by atoms with van der Waals surface area (Å²) < 4.78 is 25.2. The number of halogens is 2. The van der Waals surface area contributed by atoms with Gasteiger partial charge in [0, 0.05) is 37.1 Å². The van der Waals surface area contributed by atoms with Gasteiger partial charge in [0.2, 0.25) is 0 Å². The Balaban J connectivity index is 1.35. The Labute approximate surface area is 171 Å². The first-order valence-corrected chi connectivity index (χ1v) is 9.41.